The van der Waals surface area contributed by atoms with E-state index in [9.17, 15) is 18.0 Å². The van der Waals surface area contributed by atoms with Crippen LogP contribution in [-0.2, 0) is 26.3 Å². The van der Waals surface area contributed by atoms with Crippen LogP contribution in [0.4, 0.5) is 5.13 Å². The number of nitrogen functional groups attached to an aromatic ring is 1. The van der Waals surface area contributed by atoms with Crippen LogP contribution in [-0.4, -0.2) is 46.7 Å². The SMILES string of the molecule is Nc1nc(CC(=O)NC2CN(S(=O)(=O)O)C2=O)cs1.[H-].[Na+]. The van der Waals surface area contributed by atoms with Gasteiger partial charge in [-0.3, -0.25) is 14.1 Å². The Morgan fingerprint density at radius 3 is 2.80 bits per heavy atom. The van der Waals surface area contributed by atoms with Gasteiger partial charge in [-0.05, 0) is 0 Å². The van der Waals surface area contributed by atoms with Crippen molar-refractivity contribution in [2.75, 3.05) is 12.3 Å². The van der Waals surface area contributed by atoms with E-state index in [1.54, 1.807) is 5.38 Å². The van der Waals surface area contributed by atoms with Crippen molar-refractivity contribution in [3.63, 3.8) is 0 Å². The van der Waals surface area contributed by atoms with Gasteiger partial charge in [0.15, 0.2) is 5.13 Å². The molecule has 2 heterocycles. The fourth-order valence-electron chi connectivity index (χ4n) is 1.52. The molecule has 0 radical (unpaired) electrons. The summed E-state index contributed by atoms with van der Waals surface area (Å²) in [5.41, 5.74) is 5.87. The van der Waals surface area contributed by atoms with E-state index in [-0.39, 0.29) is 48.3 Å². The molecule has 0 spiro atoms. The summed E-state index contributed by atoms with van der Waals surface area (Å²) in [6.45, 7) is -0.275. The quantitative estimate of drug-likeness (QED) is 0.287. The van der Waals surface area contributed by atoms with E-state index in [2.05, 4.69) is 10.3 Å². The van der Waals surface area contributed by atoms with Crippen LogP contribution in [0, 0.1) is 0 Å². The molecule has 2 amide bonds. The van der Waals surface area contributed by atoms with Crippen LogP contribution in [0.25, 0.3) is 0 Å². The fourth-order valence-corrected chi connectivity index (χ4v) is 2.78. The maximum absolute atomic E-state index is 11.6. The van der Waals surface area contributed by atoms with Gasteiger partial charge in [0.05, 0.1) is 18.7 Å². The van der Waals surface area contributed by atoms with Gasteiger partial charge in [0.2, 0.25) is 5.91 Å². The van der Waals surface area contributed by atoms with E-state index in [4.69, 9.17) is 10.3 Å². The van der Waals surface area contributed by atoms with Crippen molar-refractivity contribution in [3.05, 3.63) is 11.1 Å². The molecule has 9 nitrogen and oxygen atoms in total. The largest absolute Gasteiger partial charge is 1.00 e. The first-order valence-corrected chi connectivity index (χ1v) is 7.33. The number of anilines is 1. The number of amides is 2. The summed E-state index contributed by atoms with van der Waals surface area (Å²) in [6, 6.07) is -0.939. The molecule has 20 heavy (non-hydrogen) atoms. The zero-order valence-electron chi connectivity index (χ0n) is 11.4. The molecule has 1 aromatic rings. The Bertz CT molecular complexity index is 636. The molecule has 1 aliphatic heterocycles. The number of carbonyl (C=O) groups is 2. The summed E-state index contributed by atoms with van der Waals surface area (Å²) >= 11 is 1.19. The third-order valence-corrected chi connectivity index (χ3v) is 4.03. The van der Waals surface area contributed by atoms with Gasteiger partial charge >= 0.3 is 39.9 Å². The number of carbonyl (C=O) groups excluding carboxylic acids is 2. The van der Waals surface area contributed by atoms with Crippen LogP contribution in [0.2, 0.25) is 0 Å². The second-order valence-corrected chi connectivity index (χ2v) is 6.05. The Hall–Kier alpha value is -0.720. The second kappa shape index (κ2) is 6.37. The number of aromatic nitrogens is 1. The maximum Gasteiger partial charge on any atom is 1.00 e. The summed E-state index contributed by atoms with van der Waals surface area (Å²) in [6.07, 6.45) is -0.0522. The predicted molar refractivity (Wildman–Crippen MR) is 66.5 cm³/mol. The minimum absolute atomic E-state index is 0. The Kier molecular flexibility index (Phi) is 5.52. The second-order valence-electron chi connectivity index (χ2n) is 3.82. The van der Waals surface area contributed by atoms with Gasteiger partial charge in [0.1, 0.15) is 6.04 Å². The monoisotopic (exact) mass is 330 g/mol. The van der Waals surface area contributed by atoms with Gasteiger partial charge in [-0.15, -0.1) is 11.3 Å². The van der Waals surface area contributed by atoms with Crippen molar-refractivity contribution in [3.8, 4) is 0 Å². The summed E-state index contributed by atoms with van der Waals surface area (Å²) in [4.78, 5) is 26.8. The average Bonchev–Trinajstić information content (AvgIpc) is 2.67. The van der Waals surface area contributed by atoms with Gasteiger partial charge in [0.25, 0.3) is 5.91 Å². The maximum atomic E-state index is 11.6. The Morgan fingerprint density at radius 2 is 2.35 bits per heavy atom. The minimum Gasteiger partial charge on any atom is -1.00 e. The first kappa shape index (κ1) is 17.3. The van der Waals surface area contributed by atoms with Gasteiger partial charge in [-0.2, -0.15) is 8.42 Å². The number of nitrogens with one attached hydrogen (secondary N) is 1. The molecule has 0 saturated carbocycles. The van der Waals surface area contributed by atoms with Crippen LogP contribution in [0.1, 0.15) is 7.12 Å². The van der Waals surface area contributed by atoms with Crippen LogP contribution >= 0.6 is 11.3 Å². The molecular formula is C8H11N4NaO5S2. The number of hydrogen-bond acceptors (Lipinski definition) is 7. The van der Waals surface area contributed by atoms with Gasteiger partial charge in [-0.25, -0.2) is 9.29 Å². The van der Waals surface area contributed by atoms with Gasteiger partial charge in [0, 0.05) is 5.38 Å². The molecule has 0 bridgehead atoms. The number of nitrogens with two attached hydrogens (primary N) is 1. The van der Waals surface area contributed by atoms with Crippen LogP contribution in [0.15, 0.2) is 5.38 Å². The normalized spacial score (nSPS) is 18.1. The molecule has 106 valence electrons. The summed E-state index contributed by atoms with van der Waals surface area (Å²) in [7, 11) is -4.53. The van der Waals surface area contributed by atoms with E-state index in [1.807, 2.05) is 0 Å². The standard InChI is InChI=1S/C8H10N4O5S2.Na.H/c9-8-10-4(3-18-8)1-6(13)11-5-2-12(7(5)14)19(15,16)17;;/h3,5H,1-2H2,(H2,9,10)(H,11,13)(H,15,16,17);;/q;+1;-1. The van der Waals surface area contributed by atoms with Crippen molar-refractivity contribution in [1.29, 1.82) is 0 Å². The Labute approximate surface area is 142 Å². The Balaban J connectivity index is 0.00000200. The van der Waals surface area contributed by atoms with Crippen LogP contribution in [0.5, 0.6) is 0 Å². The minimum atomic E-state index is -4.53. The summed E-state index contributed by atoms with van der Waals surface area (Å²) < 4.78 is 30.3. The third kappa shape index (κ3) is 3.90. The first-order chi connectivity index (χ1) is 8.77. The number of nitrogens with zero attached hydrogens (tertiary/aromatic N) is 2. The molecule has 1 atom stereocenters. The summed E-state index contributed by atoms with van der Waals surface area (Å²) in [5, 5.41) is 4.29. The molecule has 0 aromatic carbocycles. The van der Waals surface area contributed by atoms with Crippen LogP contribution < -0.4 is 40.6 Å². The third-order valence-electron chi connectivity index (χ3n) is 2.42. The average molecular weight is 330 g/mol. The van der Waals surface area contributed by atoms with Crippen molar-refractivity contribution >= 4 is 38.6 Å². The molecule has 1 fully saturated rings. The van der Waals surface area contributed by atoms with E-state index in [1.165, 1.54) is 11.3 Å². The van der Waals surface area contributed by atoms with E-state index in [0.29, 0.717) is 10.8 Å². The van der Waals surface area contributed by atoms with Crippen LogP contribution in [0.3, 0.4) is 0 Å². The fraction of sp³-hybridized carbons (Fsp3) is 0.375. The molecule has 2 rings (SSSR count). The number of rotatable bonds is 4. The Morgan fingerprint density at radius 1 is 1.70 bits per heavy atom. The molecule has 1 unspecified atom stereocenters. The molecule has 1 saturated heterocycles. The van der Waals surface area contributed by atoms with Crippen molar-refractivity contribution in [1.82, 2.24) is 14.6 Å². The molecule has 12 heteroatoms. The van der Waals surface area contributed by atoms with Gasteiger partial charge < -0.3 is 12.5 Å². The topological polar surface area (TPSA) is 143 Å². The molecule has 1 aliphatic rings. The van der Waals surface area contributed by atoms with E-state index in [0.717, 1.165) is 0 Å². The molecular weight excluding hydrogens is 319 g/mol. The number of hydrogen-bond donors (Lipinski definition) is 3. The number of thiazole rings is 1. The van der Waals surface area contributed by atoms with E-state index >= 15 is 0 Å². The molecule has 4 N–H and O–H groups in total. The molecule has 1 aromatic heterocycles. The van der Waals surface area contributed by atoms with E-state index < -0.39 is 28.2 Å². The van der Waals surface area contributed by atoms with Gasteiger partial charge in [-0.1, -0.05) is 0 Å². The zero-order chi connectivity index (χ0) is 14.2. The summed E-state index contributed by atoms with van der Waals surface area (Å²) in [5.74, 6) is -1.34. The predicted octanol–water partition coefficient (Wildman–Crippen LogP) is -4.49. The van der Waals surface area contributed by atoms with Crippen molar-refractivity contribution in [2.24, 2.45) is 0 Å². The molecule has 0 aliphatic carbocycles. The smallest absolute Gasteiger partial charge is 1.00 e. The van der Waals surface area contributed by atoms with Crippen molar-refractivity contribution in [2.45, 2.75) is 12.5 Å². The first-order valence-electron chi connectivity index (χ1n) is 5.05. The zero-order valence-corrected chi connectivity index (χ0v) is 14.1. The van der Waals surface area contributed by atoms with Crippen molar-refractivity contribution < 1.29 is 53.5 Å². The number of β-lactam (4-membered cyclic amide) rings is 1.